The van der Waals surface area contributed by atoms with Crippen LogP contribution in [0.2, 0.25) is 0 Å². The topological polar surface area (TPSA) is 125 Å². The third-order valence-corrected chi connectivity index (χ3v) is 6.29. The minimum absolute atomic E-state index is 0.0965. The Bertz CT molecular complexity index is 1120. The summed E-state index contributed by atoms with van der Waals surface area (Å²) in [6, 6.07) is 6.76. The van der Waals surface area contributed by atoms with Crippen molar-refractivity contribution in [3.63, 3.8) is 0 Å². The highest BCUT2D eigenvalue weighted by atomic mass is 16.5. The molecule has 0 radical (unpaired) electrons. The number of fused-ring (bicyclic) bond motifs is 3. The predicted molar refractivity (Wildman–Crippen MR) is 121 cm³/mol. The van der Waals surface area contributed by atoms with Crippen molar-refractivity contribution >= 4 is 29.3 Å². The van der Waals surface area contributed by atoms with Gasteiger partial charge in [0.1, 0.15) is 23.3 Å². The normalized spacial score (nSPS) is 21.4. The van der Waals surface area contributed by atoms with Gasteiger partial charge >= 0.3 is 11.9 Å². The molecule has 1 aromatic rings. The van der Waals surface area contributed by atoms with Crippen LogP contribution in [0.1, 0.15) is 51.5 Å². The quantitative estimate of drug-likeness (QED) is 0.478. The largest absolute Gasteiger partial charge is 0.465 e. The monoisotopic (exact) mass is 468 g/mol. The number of ketones is 1. The Balaban J connectivity index is 1.94. The number of hydrogen-bond acceptors (Lipinski definition) is 8. The molecule has 1 unspecified atom stereocenters. The van der Waals surface area contributed by atoms with Crippen molar-refractivity contribution in [2.75, 3.05) is 24.7 Å². The van der Waals surface area contributed by atoms with Gasteiger partial charge in [-0.3, -0.25) is 19.3 Å². The summed E-state index contributed by atoms with van der Waals surface area (Å²) in [5, 5.41) is 0. The van der Waals surface area contributed by atoms with E-state index in [1.54, 1.807) is 31.2 Å². The molecule has 34 heavy (non-hydrogen) atoms. The summed E-state index contributed by atoms with van der Waals surface area (Å²) in [6.07, 6.45) is 2.57. The van der Waals surface area contributed by atoms with E-state index in [2.05, 4.69) is 0 Å². The van der Waals surface area contributed by atoms with Crippen molar-refractivity contribution in [3.8, 4) is 0 Å². The summed E-state index contributed by atoms with van der Waals surface area (Å²) in [5.41, 5.74) is 5.08. The van der Waals surface area contributed by atoms with E-state index < -0.39 is 23.3 Å². The number of allylic oxidation sites excluding steroid dienone is 1. The molecule has 1 aromatic carbocycles. The molecule has 1 amide bonds. The molecule has 180 valence electrons. The lowest BCUT2D eigenvalue weighted by atomic mass is 9.64. The second kappa shape index (κ2) is 9.32. The van der Waals surface area contributed by atoms with Crippen molar-refractivity contribution in [3.05, 3.63) is 52.6 Å². The summed E-state index contributed by atoms with van der Waals surface area (Å²) < 4.78 is 16.3. The van der Waals surface area contributed by atoms with Gasteiger partial charge < -0.3 is 19.9 Å². The van der Waals surface area contributed by atoms with Gasteiger partial charge in [-0.2, -0.15) is 0 Å². The van der Waals surface area contributed by atoms with Gasteiger partial charge in [0.15, 0.2) is 5.78 Å². The number of nitrogens with zero attached hydrogens (tertiary/aromatic N) is 1. The van der Waals surface area contributed by atoms with Crippen LogP contribution in [0, 0.1) is 0 Å². The van der Waals surface area contributed by atoms with Gasteiger partial charge in [-0.05, 0) is 25.8 Å². The molecule has 0 saturated carbocycles. The van der Waals surface area contributed by atoms with E-state index in [4.69, 9.17) is 19.9 Å². The number of nitrogens with two attached hydrogens (primary N) is 1. The molecule has 1 atom stereocenters. The van der Waals surface area contributed by atoms with Crippen LogP contribution in [0.5, 0.6) is 0 Å². The third-order valence-electron chi connectivity index (χ3n) is 6.29. The molecule has 2 aliphatic heterocycles. The SMILES string of the molecule is CCCCOC(=O)C1=C(N)OC2=C(C(=O)CCC2)C12C(=O)N(CC(=O)OCC)c1ccccc12. The van der Waals surface area contributed by atoms with E-state index in [1.165, 1.54) is 4.90 Å². The van der Waals surface area contributed by atoms with Crippen molar-refractivity contribution < 1.29 is 33.4 Å². The average molecular weight is 469 g/mol. The number of Topliss-reactive ketones (excluding diaryl/α,β-unsaturated/α-hetero) is 1. The van der Waals surface area contributed by atoms with Crippen molar-refractivity contribution in [1.82, 2.24) is 0 Å². The number of esters is 2. The number of hydrogen-bond donors (Lipinski definition) is 1. The van der Waals surface area contributed by atoms with Crippen molar-refractivity contribution in [2.45, 2.75) is 51.4 Å². The Morgan fingerprint density at radius 2 is 1.91 bits per heavy atom. The number of anilines is 1. The Morgan fingerprint density at radius 3 is 2.65 bits per heavy atom. The number of para-hydroxylation sites is 1. The van der Waals surface area contributed by atoms with Crippen LogP contribution in [0.3, 0.4) is 0 Å². The van der Waals surface area contributed by atoms with Crippen LogP contribution in [0.15, 0.2) is 47.1 Å². The van der Waals surface area contributed by atoms with Crippen LogP contribution >= 0.6 is 0 Å². The summed E-state index contributed by atoms with van der Waals surface area (Å²) in [4.78, 5) is 54.5. The van der Waals surface area contributed by atoms with Gasteiger partial charge in [-0.15, -0.1) is 0 Å². The molecule has 0 saturated heterocycles. The predicted octanol–water partition coefficient (Wildman–Crippen LogP) is 2.38. The Labute approximate surface area is 197 Å². The second-order valence-electron chi connectivity index (χ2n) is 8.37. The van der Waals surface area contributed by atoms with Gasteiger partial charge in [-0.1, -0.05) is 31.5 Å². The number of ether oxygens (including phenoxy) is 3. The zero-order valence-electron chi connectivity index (χ0n) is 19.3. The average Bonchev–Trinajstić information content (AvgIpc) is 3.03. The Hall–Kier alpha value is -3.62. The van der Waals surface area contributed by atoms with Gasteiger partial charge in [0.25, 0.3) is 0 Å². The standard InChI is InChI=1S/C25H28N2O7/c1-3-5-13-33-23(30)21-22(26)34-18-12-8-11-17(28)20(18)25(21)15-9-6-7-10-16(15)27(24(25)31)14-19(29)32-4-2/h6-7,9-10H,3-5,8,11-14,26H2,1-2H3. The minimum Gasteiger partial charge on any atom is -0.465 e. The van der Waals surface area contributed by atoms with Crippen LogP contribution < -0.4 is 10.6 Å². The smallest absolute Gasteiger partial charge is 0.341 e. The highest BCUT2D eigenvalue weighted by Gasteiger charge is 2.64. The van der Waals surface area contributed by atoms with E-state index in [0.29, 0.717) is 30.5 Å². The summed E-state index contributed by atoms with van der Waals surface area (Å²) in [7, 11) is 0. The lowest BCUT2D eigenvalue weighted by molar-refractivity contribution is -0.142. The van der Waals surface area contributed by atoms with Crippen molar-refractivity contribution in [1.29, 1.82) is 0 Å². The van der Waals surface area contributed by atoms with E-state index >= 15 is 0 Å². The fraction of sp³-hybridized carbons (Fsp3) is 0.440. The van der Waals surface area contributed by atoms with Crippen LogP contribution in [0.25, 0.3) is 0 Å². The molecule has 9 heteroatoms. The van der Waals surface area contributed by atoms with E-state index in [9.17, 15) is 19.2 Å². The molecule has 4 rings (SSSR count). The maximum Gasteiger partial charge on any atom is 0.341 e. The van der Waals surface area contributed by atoms with E-state index in [0.717, 1.165) is 6.42 Å². The van der Waals surface area contributed by atoms with Gasteiger partial charge in [0.05, 0.1) is 18.8 Å². The first-order chi connectivity index (χ1) is 16.4. The Kier molecular flexibility index (Phi) is 6.45. The molecule has 3 aliphatic rings. The molecule has 2 N–H and O–H groups in total. The first kappa shape index (κ1) is 23.5. The van der Waals surface area contributed by atoms with E-state index in [-0.39, 0.29) is 54.8 Å². The molecular formula is C25H28N2O7. The molecule has 1 aliphatic carbocycles. The molecule has 0 aromatic heterocycles. The highest BCUT2D eigenvalue weighted by Crippen LogP contribution is 2.56. The van der Waals surface area contributed by atoms with Gasteiger partial charge in [0.2, 0.25) is 11.8 Å². The summed E-state index contributed by atoms with van der Waals surface area (Å²) in [5.74, 6) is -2.34. The lowest BCUT2D eigenvalue weighted by Gasteiger charge is -2.38. The molecular weight excluding hydrogens is 440 g/mol. The fourth-order valence-corrected chi connectivity index (χ4v) is 4.89. The second-order valence-corrected chi connectivity index (χ2v) is 8.37. The number of rotatable bonds is 7. The molecule has 0 bridgehead atoms. The number of unbranched alkanes of at least 4 members (excludes halogenated alkanes) is 1. The number of carbonyl (C=O) groups excluding carboxylic acids is 4. The molecule has 2 heterocycles. The van der Waals surface area contributed by atoms with Gasteiger partial charge in [-0.25, -0.2) is 4.79 Å². The van der Waals surface area contributed by atoms with Crippen LogP contribution in [-0.2, 0) is 38.8 Å². The van der Waals surface area contributed by atoms with E-state index in [1.807, 2.05) is 6.92 Å². The molecule has 0 fully saturated rings. The zero-order valence-corrected chi connectivity index (χ0v) is 19.3. The van der Waals surface area contributed by atoms with Crippen molar-refractivity contribution in [2.24, 2.45) is 5.73 Å². The zero-order chi connectivity index (χ0) is 24.5. The number of benzene rings is 1. The molecule has 9 nitrogen and oxygen atoms in total. The Morgan fingerprint density at radius 1 is 1.15 bits per heavy atom. The molecule has 1 spiro atoms. The minimum atomic E-state index is -1.85. The first-order valence-corrected chi connectivity index (χ1v) is 11.6. The van der Waals surface area contributed by atoms with Crippen LogP contribution in [0.4, 0.5) is 5.69 Å². The maximum atomic E-state index is 14.2. The lowest BCUT2D eigenvalue weighted by Crippen LogP contribution is -2.52. The highest BCUT2D eigenvalue weighted by molar-refractivity contribution is 6.24. The summed E-state index contributed by atoms with van der Waals surface area (Å²) in [6.45, 7) is 3.53. The van der Waals surface area contributed by atoms with Crippen LogP contribution in [-0.4, -0.2) is 43.4 Å². The fourth-order valence-electron chi connectivity index (χ4n) is 4.89. The third kappa shape index (κ3) is 3.55. The summed E-state index contributed by atoms with van der Waals surface area (Å²) >= 11 is 0. The first-order valence-electron chi connectivity index (χ1n) is 11.6. The number of amides is 1. The van der Waals surface area contributed by atoms with Gasteiger partial charge in [0, 0.05) is 24.1 Å². The number of carbonyl (C=O) groups is 4. The maximum absolute atomic E-state index is 14.2.